The van der Waals surface area contributed by atoms with E-state index in [4.69, 9.17) is 5.11 Å². The van der Waals surface area contributed by atoms with Crippen LogP contribution >= 0.6 is 0 Å². The zero-order chi connectivity index (χ0) is 13.9. The first-order valence-electron chi connectivity index (χ1n) is 7.35. The van der Waals surface area contributed by atoms with Gasteiger partial charge in [0.2, 0.25) is 0 Å². The van der Waals surface area contributed by atoms with Gasteiger partial charge in [-0.2, -0.15) is 0 Å². The van der Waals surface area contributed by atoms with Crippen LogP contribution in [0.1, 0.15) is 36.2 Å². The number of aromatic carboxylic acids is 1. The van der Waals surface area contributed by atoms with Crippen molar-refractivity contribution >= 4 is 5.97 Å². The highest BCUT2D eigenvalue weighted by Crippen LogP contribution is 2.26. The second-order valence-electron chi connectivity index (χ2n) is 5.62. The van der Waals surface area contributed by atoms with E-state index in [2.05, 4.69) is 20.5 Å². The number of fused-ring (bicyclic) bond motifs is 1. The fourth-order valence-corrected chi connectivity index (χ4v) is 3.36. The average Bonchev–Trinajstić information content (AvgIpc) is 3.06. The summed E-state index contributed by atoms with van der Waals surface area (Å²) in [5, 5.41) is 19.8. The molecule has 0 aromatic carbocycles. The summed E-state index contributed by atoms with van der Waals surface area (Å²) in [5.74, 6) is -1.03. The maximum absolute atomic E-state index is 10.7. The van der Waals surface area contributed by atoms with E-state index in [0.717, 1.165) is 6.54 Å². The molecule has 7 heteroatoms. The van der Waals surface area contributed by atoms with Crippen molar-refractivity contribution < 1.29 is 9.90 Å². The minimum Gasteiger partial charge on any atom is -0.476 e. The summed E-state index contributed by atoms with van der Waals surface area (Å²) in [4.78, 5) is 13.3. The normalized spacial score (nSPS) is 26.6. The zero-order valence-electron chi connectivity index (χ0n) is 11.5. The monoisotopic (exact) mass is 279 g/mol. The first-order chi connectivity index (χ1) is 9.74. The van der Waals surface area contributed by atoms with Crippen molar-refractivity contribution in [3.8, 4) is 0 Å². The van der Waals surface area contributed by atoms with Gasteiger partial charge in [0.05, 0.1) is 12.7 Å². The van der Waals surface area contributed by atoms with Gasteiger partial charge < -0.3 is 10.4 Å². The fraction of sp³-hybridized carbons (Fsp3) is 0.769. The molecule has 2 fully saturated rings. The molecule has 2 aliphatic rings. The minimum atomic E-state index is -1.03. The lowest BCUT2D eigenvalue weighted by atomic mass is 9.99. The van der Waals surface area contributed by atoms with Crippen molar-refractivity contribution in [3.05, 3.63) is 11.9 Å². The molecule has 110 valence electrons. The second kappa shape index (κ2) is 5.88. The topological polar surface area (TPSA) is 83.3 Å². The first kappa shape index (κ1) is 13.5. The molecule has 0 aliphatic carbocycles. The molecule has 3 heterocycles. The molecule has 3 rings (SSSR count). The number of aromatic nitrogens is 3. The summed E-state index contributed by atoms with van der Waals surface area (Å²) >= 11 is 0. The molecular weight excluding hydrogens is 258 g/mol. The molecule has 2 atom stereocenters. The van der Waals surface area contributed by atoms with Crippen LogP contribution in [0, 0.1) is 0 Å². The molecule has 1 aromatic heterocycles. The Labute approximate surface area is 117 Å². The Kier molecular flexibility index (Phi) is 3.98. The van der Waals surface area contributed by atoms with Crippen LogP contribution < -0.4 is 5.32 Å². The standard InChI is InChI=1S/C13H21N5O2/c19-13(20)11-9-18(16-15-11)8-5-14-10-4-7-17-6-2-1-3-12(10)17/h9-10,12,14H,1-8H2,(H,19,20). The Morgan fingerprint density at radius 2 is 2.30 bits per heavy atom. The minimum absolute atomic E-state index is 0.00400. The third-order valence-corrected chi connectivity index (χ3v) is 4.36. The van der Waals surface area contributed by atoms with Crippen molar-refractivity contribution in [1.29, 1.82) is 0 Å². The summed E-state index contributed by atoms with van der Waals surface area (Å²) < 4.78 is 1.59. The molecule has 0 radical (unpaired) electrons. The van der Waals surface area contributed by atoms with E-state index >= 15 is 0 Å². The number of rotatable bonds is 5. The molecule has 7 nitrogen and oxygen atoms in total. The van der Waals surface area contributed by atoms with Crippen molar-refractivity contribution in [2.45, 2.75) is 44.3 Å². The number of hydrogen-bond acceptors (Lipinski definition) is 5. The third kappa shape index (κ3) is 2.83. The molecule has 2 N–H and O–H groups in total. The first-order valence-corrected chi connectivity index (χ1v) is 7.35. The molecule has 0 bridgehead atoms. The van der Waals surface area contributed by atoms with Gasteiger partial charge in [-0.05, 0) is 25.8 Å². The van der Waals surface area contributed by atoms with E-state index in [1.807, 2.05) is 0 Å². The smallest absolute Gasteiger partial charge is 0.358 e. The van der Waals surface area contributed by atoms with E-state index < -0.39 is 5.97 Å². The van der Waals surface area contributed by atoms with Gasteiger partial charge in [-0.3, -0.25) is 9.58 Å². The summed E-state index contributed by atoms with van der Waals surface area (Å²) in [6, 6.07) is 1.26. The molecular formula is C13H21N5O2. The van der Waals surface area contributed by atoms with Gasteiger partial charge in [0.15, 0.2) is 5.69 Å². The van der Waals surface area contributed by atoms with Gasteiger partial charge in [0.25, 0.3) is 0 Å². The van der Waals surface area contributed by atoms with Gasteiger partial charge in [0, 0.05) is 25.2 Å². The van der Waals surface area contributed by atoms with E-state index in [9.17, 15) is 4.79 Å². The SMILES string of the molecule is O=C(O)c1cn(CCNC2CCN3CCCCC23)nn1. The van der Waals surface area contributed by atoms with Crippen molar-refractivity contribution in [1.82, 2.24) is 25.2 Å². The van der Waals surface area contributed by atoms with Gasteiger partial charge in [-0.25, -0.2) is 4.79 Å². The van der Waals surface area contributed by atoms with Crippen LogP contribution in [0.5, 0.6) is 0 Å². The number of carboxylic acids is 1. The summed E-state index contributed by atoms with van der Waals surface area (Å²) in [6.45, 7) is 3.91. The lowest BCUT2D eigenvalue weighted by Crippen LogP contribution is -2.45. The molecule has 20 heavy (non-hydrogen) atoms. The number of piperidine rings is 1. The van der Waals surface area contributed by atoms with Crippen LogP contribution in [0.2, 0.25) is 0 Å². The predicted octanol–water partition coefficient (Wildman–Crippen LogP) is 0.193. The Hall–Kier alpha value is -1.47. The second-order valence-corrected chi connectivity index (χ2v) is 5.62. The fourth-order valence-electron chi connectivity index (χ4n) is 3.36. The quantitative estimate of drug-likeness (QED) is 0.801. The number of hydrogen-bond donors (Lipinski definition) is 2. The van der Waals surface area contributed by atoms with E-state index in [0.29, 0.717) is 18.6 Å². The highest BCUT2D eigenvalue weighted by atomic mass is 16.4. The Balaban J connectivity index is 1.46. The lowest BCUT2D eigenvalue weighted by Gasteiger charge is -2.32. The van der Waals surface area contributed by atoms with Crippen molar-refractivity contribution in [2.75, 3.05) is 19.6 Å². The van der Waals surface area contributed by atoms with E-state index in [-0.39, 0.29) is 5.69 Å². The average molecular weight is 279 g/mol. The zero-order valence-corrected chi connectivity index (χ0v) is 11.5. The van der Waals surface area contributed by atoms with Crippen LogP contribution in [0.25, 0.3) is 0 Å². The maximum atomic E-state index is 10.7. The van der Waals surface area contributed by atoms with Crippen molar-refractivity contribution in [3.63, 3.8) is 0 Å². The van der Waals surface area contributed by atoms with E-state index in [1.54, 1.807) is 4.68 Å². The number of carbonyl (C=O) groups is 1. The van der Waals surface area contributed by atoms with Crippen LogP contribution in [0.3, 0.4) is 0 Å². The summed E-state index contributed by atoms with van der Waals surface area (Å²) in [5.41, 5.74) is 0.00400. The largest absolute Gasteiger partial charge is 0.476 e. The summed E-state index contributed by atoms with van der Waals surface area (Å²) in [6.07, 6.45) is 6.66. The molecule has 0 amide bonds. The van der Waals surface area contributed by atoms with Crippen LogP contribution in [-0.2, 0) is 6.54 Å². The van der Waals surface area contributed by atoms with E-state index in [1.165, 1.54) is 45.0 Å². The Morgan fingerprint density at radius 3 is 3.10 bits per heavy atom. The number of carboxylic acid groups (broad SMARTS) is 1. The highest BCUT2D eigenvalue weighted by Gasteiger charge is 2.34. The Bertz CT molecular complexity index is 475. The molecule has 0 saturated carbocycles. The van der Waals surface area contributed by atoms with Crippen LogP contribution in [-0.4, -0.2) is 62.7 Å². The molecule has 2 unspecified atom stereocenters. The van der Waals surface area contributed by atoms with Gasteiger partial charge in [0.1, 0.15) is 0 Å². The maximum Gasteiger partial charge on any atom is 0.358 e. The lowest BCUT2D eigenvalue weighted by molar-refractivity contribution is 0.0690. The third-order valence-electron chi connectivity index (χ3n) is 4.36. The number of nitrogens with zero attached hydrogens (tertiary/aromatic N) is 4. The van der Waals surface area contributed by atoms with Crippen LogP contribution in [0.4, 0.5) is 0 Å². The molecule has 1 aromatic rings. The van der Waals surface area contributed by atoms with Gasteiger partial charge in [-0.15, -0.1) is 5.10 Å². The molecule has 2 saturated heterocycles. The van der Waals surface area contributed by atoms with Crippen molar-refractivity contribution in [2.24, 2.45) is 0 Å². The molecule has 0 spiro atoms. The van der Waals surface area contributed by atoms with Gasteiger partial charge in [-0.1, -0.05) is 11.6 Å². The predicted molar refractivity (Wildman–Crippen MR) is 72.6 cm³/mol. The van der Waals surface area contributed by atoms with Crippen LogP contribution in [0.15, 0.2) is 6.20 Å². The number of nitrogens with one attached hydrogen (secondary N) is 1. The molecule has 2 aliphatic heterocycles. The van der Waals surface area contributed by atoms with Gasteiger partial charge >= 0.3 is 5.97 Å². The Morgan fingerprint density at radius 1 is 1.40 bits per heavy atom. The highest BCUT2D eigenvalue weighted by molar-refractivity contribution is 5.84. The summed E-state index contributed by atoms with van der Waals surface area (Å²) in [7, 11) is 0.